The van der Waals surface area contributed by atoms with Crippen molar-refractivity contribution in [1.29, 1.82) is 0 Å². The topological polar surface area (TPSA) is 58.2 Å². The second-order valence-corrected chi connectivity index (χ2v) is 7.13. The quantitative estimate of drug-likeness (QED) is 0.649. The van der Waals surface area contributed by atoms with Gasteiger partial charge in [-0.15, -0.1) is 0 Å². The van der Waals surface area contributed by atoms with Gasteiger partial charge in [-0.2, -0.15) is 0 Å². The highest BCUT2D eigenvalue weighted by atomic mass is 16.2. The van der Waals surface area contributed by atoms with E-state index in [2.05, 4.69) is 22.8 Å². The average Bonchev–Trinajstić information content (AvgIpc) is 3.56. The van der Waals surface area contributed by atoms with Crippen LogP contribution in [0, 0.1) is 5.92 Å². The van der Waals surface area contributed by atoms with E-state index in [9.17, 15) is 9.59 Å². The maximum Gasteiger partial charge on any atom is 0.228 e. The van der Waals surface area contributed by atoms with E-state index in [1.165, 1.54) is 0 Å². The Morgan fingerprint density at radius 3 is 1.89 bits per heavy atom. The van der Waals surface area contributed by atoms with Crippen molar-refractivity contribution in [2.45, 2.75) is 19.3 Å². The molecule has 1 saturated carbocycles. The molecule has 0 radical (unpaired) electrons. The molecule has 0 saturated heterocycles. The monoisotopic (exact) mass is 370 g/mol. The third kappa shape index (κ3) is 4.65. The molecule has 2 amide bonds. The van der Waals surface area contributed by atoms with Gasteiger partial charge in [-0.05, 0) is 53.8 Å². The van der Waals surface area contributed by atoms with Gasteiger partial charge in [-0.3, -0.25) is 9.59 Å². The highest BCUT2D eigenvalue weighted by molar-refractivity contribution is 5.95. The van der Waals surface area contributed by atoms with Crippen molar-refractivity contribution in [2.75, 3.05) is 10.6 Å². The predicted octanol–water partition coefficient (Wildman–Crippen LogP) is 4.88. The van der Waals surface area contributed by atoms with Gasteiger partial charge in [-0.1, -0.05) is 54.6 Å². The van der Waals surface area contributed by atoms with Crippen molar-refractivity contribution in [1.82, 2.24) is 0 Å². The van der Waals surface area contributed by atoms with Crippen molar-refractivity contribution >= 4 is 23.2 Å². The van der Waals surface area contributed by atoms with Crippen molar-refractivity contribution < 1.29 is 9.59 Å². The predicted molar refractivity (Wildman–Crippen MR) is 112 cm³/mol. The lowest BCUT2D eigenvalue weighted by molar-refractivity contribution is -0.117. The number of hydrogen-bond donors (Lipinski definition) is 2. The molecule has 4 nitrogen and oxygen atoms in total. The fourth-order valence-corrected chi connectivity index (χ4v) is 3.06. The van der Waals surface area contributed by atoms with Gasteiger partial charge in [0.05, 0.1) is 6.42 Å². The first-order valence-corrected chi connectivity index (χ1v) is 9.52. The van der Waals surface area contributed by atoms with Gasteiger partial charge in [0.1, 0.15) is 0 Å². The molecular weight excluding hydrogens is 348 g/mol. The van der Waals surface area contributed by atoms with Gasteiger partial charge in [0.25, 0.3) is 0 Å². The summed E-state index contributed by atoms with van der Waals surface area (Å²) in [4.78, 5) is 24.1. The molecule has 0 spiro atoms. The summed E-state index contributed by atoms with van der Waals surface area (Å²) in [6.45, 7) is 0. The lowest BCUT2D eigenvalue weighted by Crippen LogP contribution is -2.15. The van der Waals surface area contributed by atoms with Crippen molar-refractivity contribution in [3.63, 3.8) is 0 Å². The summed E-state index contributed by atoms with van der Waals surface area (Å²) in [5.41, 5.74) is 4.73. The Kier molecular flexibility index (Phi) is 5.20. The largest absolute Gasteiger partial charge is 0.326 e. The zero-order chi connectivity index (χ0) is 19.3. The van der Waals surface area contributed by atoms with Crippen LogP contribution in [-0.4, -0.2) is 11.8 Å². The van der Waals surface area contributed by atoms with Crippen LogP contribution in [0.25, 0.3) is 11.1 Å². The first-order valence-electron chi connectivity index (χ1n) is 9.52. The van der Waals surface area contributed by atoms with Gasteiger partial charge in [0, 0.05) is 17.3 Å². The zero-order valence-electron chi connectivity index (χ0n) is 15.5. The van der Waals surface area contributed by atoms with Crippen molar-refractivity contribution in [3.8, 4) is 11.1 Å². The molecule has 1 fully saturated rings. The molecule has 1 aliphatic carbocycles. The van der Waals surface area contributed by atoms with E-state index in [1.807, 2.05) is 54.6 Å². The van der Waals surface area contributed by atoms with Crippen LogP contribution in [0.2, 0.25) is 0 Å². The van der Waals surface area contributed by atoms with Crippen molar-refractivity contribution in [3.05, 3.63) is 84.4 Å². The van der Waals surface area contributed by atoms with E-state index in [4.69, 9.17) is 0 Å². The highest BCUT2D eigenvalue weighted by Crippen LogP contribution is 2.30. The normalized spacial score (nSPS) is 13.0. The molecule has 140 valence electrons. The fourth-order valence-electron chi connectivity index (χ4n) is 3.06. The first kappa shape index (κ1) is 18.0. The number of amides is 2. The van der Waals surface area contributed by atoms with Crippen LogP contribution in [0.3, 0.4) is 0 Å². The smallest absolute Gasteiger partial charge is 0.228 e. The van der Waals surface area contributed by atoms with E-state index in [-0.39, 0.29) is 17.7 Å². The van der Waals surface area contributed by atoms with Gasteiger partial charge in [-0.25, -0.2) is 0 Å². The number of hydrogen-bond acceptors (Lipinski definition) is 2. The fraction of sp³-hybridized carbons (Fsp3) is 0.167. The molecule has 28 heavy (non-hydrogen) atoms. The number of benzene rings is 3. The summed E-state index contributed by atoms with van der Waals surface area (Å²) < 4.78 is 0. The minimum Gasteiger partial charge on any atom is -0.326 e. The minimum absolute atomic E-state index is 0.0674. The lowest BCUT2D eigenvalue weighted by Gasteiger charge is -2.08. The van der Waals surface area contributed by atoms with E-state index < -0.39 is 0 Å². The number of carbonyl (C=O) groups excluding carboxylic acids is 2. The maximum absolute atomic E-state index is 12.3. The summed E-state index contributed by atoms with van der Waals surface area (Å²) in [5.74, 6) is 0.186. The van der Waals surface area contributed by atoms with Crippen LogP contribution in [0.4, 0.5) is 11.4 Å². The van der Waals surface area contributed by atoms with Gasteiger partial charge in [0.2, 0.25) is 11.8 Å². The molecule has 0 heterocycles. The Hall–Kier alpha value is -3.40. The van der Waals surface area contributed by atoms with Crippen LogP contribution >= 0.6 is 0 Å². The summed E-state index contributed by atoms with van der Waals surface area (Å²) >= 11 is 0. The van der Waals surface area contributed by atoms with Crippen LogP contribution < -0.4 is 10.6 Å². The van der Waals surface area contributed by atoms with E-state index in [1.54, 1.807) is 12.1 Å². The number of carbonyl (C=O) groups is 2. The summed E-state index contributed by atoms with van der Waals surface area (Å²) in [6, 6.07) is 25.4. The Bertz CT molecular complexity index is 960. The molecule has 0 atom stereocenters. The van der Waals surface area contributed by atoms with Crippen LogP contribution in [0.5, 0.6) is 0 Å². The minimum atomic E-state index is -0.0674. The van der Waals surface area contributed by atoms with E-state index in [0.717, 1.165) is 40.9 Å². The molecule has 3 aromatic rings. The van der Waals surface area contributed by atoms with Crippen molar-refractivity contribution in [2.24, 2.45) is 5.92 Å². The molecule has 0 unspecified atom stereocenters. The molecule has 0 bridgehead atoms. The molecule has 4 rings (SSSR count). The first-order chi connectivity index (χ1) is 13.7. The van der Waals surface area contributed by atoms with Crippen LogP contribution in [0.15, 0.2) is 78.9 Å². The van der Waals surface area contributed by atoms with Gasteiger partial charge in [0.15, 0.2) is 0 Å². The third-order valence-electron chi connectivity index (χ3n) is 4.81. The van der Waals surface area contributed by atoms with Gasteiger partial charge >= 0.3 is 0 Å². The molecule has 4 heteroatoms. The number of rotatable bonds is 6. The average molecular weight is 370 g/mol. The summed E-state index contributed by atoms with van der Waals surface area (Å²) in [7, 11) is 0. The molecule has 1 aliphatic rings. The molecule has 0 aromatic heterocycles. The Morgan fingerprint density at radius 1 is 0.714 bits per heavy atom. The van der Waals surface area contributed by atoms with Gasteiger partial charge < -0.3 is 10.6 Å². The van der Waals surface area contributed by atoms with E-state index >= 15 is 0 Å². The zero-order valence-corrected chi connectivity index (χ0v) is 15.5. The van der Waals surface area contributed by atoms with Crippen LogP contribution in [0.1, 0.15) is 18.4 Å². The standard InChI is InChI=1S/C24H22N2O2/c27-23(16-17-6-8-19(9-7-17)18-4-2-1-3-5-18)25-21-12-14-22(15-13-21)26-24(28)20-10-11-20/h1-9,12-15,20H,10-11,16H2,(H,25,27)(H,26,28). The Morgan fingerprint density at radius 2 is 1.29 bits per heavy atom. The Labute approximate surface area is 164 Å². The second kappa shape index (κ2) is 8.09. The summed E-state index contributed by atoms with van der Waals surface area (Å²) in [6.07, 6.45) is 2.27. The van der Waals surface area contributed by atoms with Crippen LogP contribution in [-0.2, 0) is 16.0 Å². The van der Waals surface area contributed by atoms with E-state index in [0.29, 0.717) is 6.42 Å². The molecule has 0 aliphatic heterocycles. The third-order valence-corrected chi connectivity index (χ3v) is 4.81. The molecule has 2 N–H and O–H groups in total. The lowest BCUT2D eigenvalue weighted by atomic mass is 10.0. The highest BCUT2D eigenvalue weighted by Gasteiger charge is 2.29. The molecular formula is C24H22N2O2. The second-order valence-electron chi connectivity index (χ2n) is 7.13. The number of anilines is 2. The number of nitrogens with one attached hydrogen (secondary N) is 2. The summed E-state index contributed by atoms with van der Waals surface area (Å²) in [5, 5.41) is 5.79. The Balaban J connectivity index is 1.32. The molecule has 3 aromatic carbocycles. The maximum atomic E-state index is 12.3. The SMILES string of the molecule is O=C(Cc1ccc(-c2ccccc2)cc1)Nc1ccc(NC(=O)C2CC2)cc1.